The van der Waals surface area contributed by atoms with E-state index in [9.17, 15) is 13.2 Å². The first-order chi connectivity index (χ1) is 13.2. The molecule has 0 aliphatic rings. The maximum Gasteiger partial charge on any atom is 0.224 e. The zero-order valence-corrected chi connectivity index (χ0v) is 17.8. The van der Waals surface area contributed by atoms with Gasteiger partial charge >= 0.3 is 0 Å². The fraction of sp³-hybridized carbons (Fsp3) is 0.500. The number of nitrogens with one attached hydrogen (secondary N) is 2. The summed E-state index contributed by atoms with van der Waals surface area (Å²) in [6.45, 7) is 9.21. The van der Waals surface area contributed by atoms with E-state index < -0.39 is 10.0 Å². The minimum Gasteiger partial charge on any atom is -0.355 e. The normalized spacial score (nSPS) is 11.8. The third kappa shape index (κ3) is 6.76. The number of benzene rings is 1. The van der Waals surface area contributed by atoms with Crippen LogP contribution < -0.4 is 10.0 Å². The van der Waals surface area contributed by atoms with E-state index in [1.54, 1.807) is 0 Å². The van der Waals surface area contributed by atoms with Gasteiger partial charge in [-0.15, -0.1) is 0 Å². The summed E-state index contributed by atoms with van der Waals surface area (Å²) in [5, 5.41) is 7.20. The smallest absolute Gasteiger partial charge is 0.224 e. The quantitative estimate of drug-likeness (QED) is 0.631. The molecule has 2 rings (SSSR count). The van der Waals surface area contributed by atoms with Gasteiger partial charge in [0.05, 0.1) is 17.9 Å². The third-order valence-electron chi connectivity index (χ3n) is 4.44. The van der Waals surface area contributed by atoms with Crippen molar-refractivity contribution >= 4 is 15.9 Å². The molecule has 2 N–H and O–H groups in total. The maximum absolute atomic E-state index is 12.3. The average molecular weight is 407 g/mol. The molecule has 8 heteroatoms. The summed E-state index contributed by atoms with van der Waals surface area (Å²) in [5.74, 6) is 0.109. The number of rotatable bonds is 10. The number of amides is 1. The van der Waals surface area contributed by atoms with Crippen molar-refractivity contribution in [3.05, 3.63) is 52.8 Å². The number of nitrogens with zero attached hydrogens (tertiary/aromatic N) is 2. The molecular weight excluding hydrogens is 376 g/mol. The summed E-state index contributed by atoms with van der Waals surface area (Å²) in [7, 11) is -3.46. The average Bonchev–Trinajstić information content (AvgIpc) is 2.88. The van der Waals surface area contributed by atoms with Gasteiger partial charge in [-0.2, -0.15) is 5.10 Å². The van der Waals surface area contributed by atoms with Crippen LogP contribution in [0.4, 0.5) is 0 Å². The third-order valence-corrected chi connectivity index (χ3v) is 5.76. The van der Waals surface area contributed by atoms with Crippen LogP contribution in [0.1, 0.15) is 36.4 Å². The monoisotopic (exact) mass is 406 g/mol. The fourth-order valence-electron chi connectivity index (χ4n) is 2.92. The second-order valence-electron chi connectivity index (χ2n) is 7.38. The molecule has 0 aliphatic heterocycles. The van der Waals surface area contributed by atoms with Gasteiger partial charge in [0.15, 0.2) is 0 Å². The Hall–Kier alpha value is -2.19. The Kier molecular flexibility index (Phi) is 7.77. The van der Waals surface area contributed by atoms with E-state index in [-0.39, 0.29) is 31.2 Å². The molecular formula is C20H30N4O3S. The van der Waals surface area contributed by atoms with Crippen molar-refractivity contribution < 1.29 is 13.2 Å². The lowest BCUT2D eigenvalue weighted by atomic mass is 10.1. The lowest BCUT2D eigenvalue weighted by molar-refractivity contribution is -0.120. The molecule has 1 aromatic carbocycles. The summed E-state index contributed by atoms with van der Waals surface area (Å²) in [6.07, 6.45) is 0.202. The summed E-state index contributed by atoms with van der Waals surface area (Å²) < 4.78 is 28.6. The van der Waals surface area contributed by atoms with Gasteiger partial charge in [-0.05, 0) is 25.3 Å². The van der Waals surface area contributed by atoms with Crippen LogP contribution in [-0.2, 0) is 34.3 Å². The van der Waals surface area contributed by atoms with Gasteiger partial charge in [-0.3, -0.25) is 9.48 Å². The minimum atomic E-state index is -3.46. The molecule has 0 saturated heterocycles. The van der Waals surface area contributed by atoms with Gasteiger partial charge in [0.1, 0.15) is 0 Å². The maximum atomic E-state index is 12.3. The molecule has 0 fully saturated rings. The number of carbonyl (C=O) groups excluding carboxylic acids is 1. The highest BCUT2D eigenvalue weighted by Gasteiger charge is 2.16. The van der Waals surface area contributed by atoms with Gasteiger partial charge in [-0.1, -0.05) is 44.2 Å². The van der Waals surface area contributed by atoms with Gasteiger partial charge in [0.2, 0.25) is 15.9 Å². The molecule has 0 spiro atoms. The van der Waals surface area contributed by atoms with Crippen LogP contribution in [0.5, 0.6) is 0 Å². The van der Waals surface area contributed by atoms with E-state index >= 15 is 0 Å². The molecule has 0 unspecified atom stereocenters. The van der Waals surface area contributed by atoms with Crippen molar-refractivity contribution in [3.63, 3.8) is 0 Å². The first-order valence-electron chi connectivity index (χ1n) is 9.49. The molecule has 28 heavy (non-hydrogen) atoms. The fourth-order valence-corrected chi connectivity index (χ4v) is 3.82. The molecule has 1 amide bonds. The van der Waals surface area contributed by atoms with Crippen LogP contribution in [0, 0.1) is 19.8 Å². The topological polar surface area (TPSA) is 93.1 Å². The second kappa shape index (κ2) is 9.84. The predicted octanol–water partition coefficient (Wildman–Crippen LogP) is 1.93. The SMILES string of the molecule is Cc1nn(CC(C)C)c(C)c1CC(=O)NCCS(=O)(=O)NCc1ccccc1. The van der Waals surface area contributed by atoms with Crippen LogP contribution in [0.3, 0.4) is 0 Å². The van der Waals surface area contributed by atoms with Gasteiger partial charge < -0.3 is 5.32 Å². The van der Waals surface area contributed by atoms with Crippen LogP contribution in [-0.4, -0.2) is 36.4 Å². The number of hydrogen-bond donors (Lipinski definition) is 2. The van der Waals surface area contributed by atoms with Crippen LogP contribution in [0.15, 0.2) is 30.3 Å². The summed E-state index contributed by atoms with van der Waals surface area (Å²) in [6, 6.07) is 9.31. The van der Waals surface area contributed by atoms with E-state index in [0.29, 0.717) is 5.92 Å². The van der Waals surface area contributed by atoms with E-state index in [1.807, 2.05) is 48.9 Å². The first-order valence-corrected chi connectivity index (χ1v) is 11.1. The van der Waals surface area contributed by atoms with Gasteiger partial charge in [-0.25, -0.2) is 13.1 Å². The zero-order chi connectivity index (χ0) is 20.7. The standard InChI is InChI=1S/C20H30N4O3S/c1-15(2)14-24-17(4)19(16(3)23-24)12-20(25)21-10-11-28(26,27)22-13-18-8-6-5-7-9-18/h5-9,15,22H,10-14H2,1-4H3,(H,21,25). The Morgan fingerprint density at radius 1 is 1.18 bits per heavy atom. The molecule has 0 aliphatic carbocycles. The highest BCUT2D eigenvalue weighted by Crippen LogP contribution is 2.15. The Balaban J connectivity index is 1.82. The molecule has 0 atom stereocenters. The van der Waals surface area contributed by atoms with Crippen LogP contribution >= 0.6 is 0 Å². The Morgan fingerprint density at radius 2 is 1.86 bits per heavy atom. The van der Waals surface area contributed by atoms with Crippen molar-refractivity contribution in [2.45, 2.75) is 47.2 Å². The highest BCUT2D eigenvalue weighted by atomic mass is 32.2. The Labute approximate surface area is 167 Å². The number of sulfonamides is 1. The van der Waals surface area contributed by atoms with Crippen molar-refractivity contribution in [1.82, 2.24) is 19.8 Å². The molecule has 1 aromatic heterocycles. The van der Waals surface area contributed by atoms with Crippen molar-refractivity contribution in [2.24, 2.45) is 5.92 Å². The van der Waals surface area contributed by atoms with E-state index in [0.717, 1.165) is 29.1 Å². The van der Waals surface area contributed by atoms with Crippen molar-refractivity contribution in [3.8, 4) is 0 Å². The number of aromatic nitrogens is 2. The molecule has 0 bridgehead atoms. The van der Waals surface area contributed by atoms with Crippen molar-refractivity contribution in [1.29, 1.82) is 0 Å². The minimum absolute atomic E-state index is 0.0706. The van der Waals surface area contributed by atoms with Crippen LogP contribution in [0.2, 0.25) is 0 Å². The zero-order valence-electron chi connectivity index (χ0n) is 17.0. The number of aryl methyl sites for hydroxylation is 1. The number of hydrogen-bond acceptors (Lipinski definition) is 4. The Bertz CT molecular complexity index is 890. The van der Waals surface area contributed by atoms with E-state index in [2.05, 4.69) is 29.0 Å². The molecule has 2 aromatic rings. The van der Waals surface area contributed by atoms with Crippen LogP contribution in [0.25, 0.3) is 0 Å². The summed E-state index contributed by atoms with van der Waals surface area (Å²) >= 11 is 0. The summed E-state index contributed by atoms with van der Waals surface area (Å²) in [5.41, 5.74) is 3.62. The second-order valence-corrected chi connectivity index (χ2v) is 9.30. The largest absolute Gasteiger partial charge is 0.355 e. The molecule has 7 nitrogen and oxygen atoms in total. The molecule has 154 valence electrons. The first kappa shape index (κ1) is 22.1. The molecule has 0 radical (unpaired) electrons. The van der Waals surface area contributed by atoms with Gasteiger partial charge in [0, 0.05) is 30.9 Å². The lowest BCUT2D eigenvalue weighted by Gasteiger charge is -2.09. The summed E-state index contributed by atoms with van der Waals surface area (Å²) in [4.78, 5) is 12.3. The number of carbonyl (C=O) groups is 1. The predicted molar refractivity (Wildman–Crippen MR) is 110 cm³/mol. The lowest BCUT2D eigenvalue weighted by Crippen LogP contribution is -2.35. The Morgan fingerprint density at radius 3 is 2.50 bits per heavy atom. The molecule has 0 saturated carbocycles. The van der Waals surface area contributed by atoms with Gasteiger partial charge in [0.25, 0.3) is 0 Å². The van der Waals surface area contributed by atoms with E-state index in [4.69, 9.17) is 0 Å². The van der Waals surface area contributed by atoms with E-state index in [1.165, 1.54) is 0 Å². The van der Waals surface area contributed by atoms with Crippen molar-refractivity contribution in [2.75, 3.05) is 12.3 Å². The highest BCUT2D eigenvalue weighted by molar-refractivity contribution is 7.89. The molecule has 1 heterocycles.